The molecule has 3 rings (SSSR count). The van der Waals surface area contributed by atoms with Crippen molar-refractivity contribution in [1.82, 2.24) is 10.1 Å². The summed E-state index contributed by atoms with van der Waals surface area (Å²) >= 11 is 5.70. The molecule has 0 atom stereocenters. The van der Waals surface area contributed by atoms with Gasteiger partial charge in [-0.25, -0.2) is 9.18 Å². The summed E-state index contributed by atoms with van der Waals surface area (Å²) in [7, 11) is 0. The second-order valence-electron chi connectivity index (χ2n) is 5.31. The van der Waals surface area contributed by atoms with Crippen molar-refractivity contribution < 1.29 is 18.8 Å². The Bertz CT molecular complexity index is 768. The molecule has 0 aliphatic heterocycles. The first kappa shape index (κ1) is 14.7. The second kappa shape index (κ2) is 5.21. The number of aromatic nitrogens is 2. The maximum atomic E-state index is 13.6. The molecule has 114 valence electrons. The Labute approximate surface area is 130 Å². The van der Waals surface area contributed by atoms with E-state index in [1.165, 1.54) is 12.1 Å². The molecule has 1 aliphatic carbocycles. The van der Waals surface area contributed by atoms with Gasteiger partial charge in [0.25, 0.3) is 0 Å². The van der Waals surface area contributed by atoms with Crippen molar-refractivity contribution in [3.8, 4) is 0 Å². The Morgan fingerprint density at radius 2 is 2.23 bits per heavy atom. The highest BCUT2D eigenvalue weighted by atomic mass is 35.5. The first-order valence-electron chi connectivity index (χ1n) is 6.62. The van der Waals surface area contributed by atoms with Crippen molar-refractivity contribution in [1.29, 1.82) is 0 Å². The lowest BCUT2D eigenvalue weighted by molar-refractivity contribution is -0.132. The molecule has 0 amide bonds. The topological polar surface area (TPSA) is 76.2 Å². The molecule has 1 saturated carbocycles. The van der Waals surface area contributed by atoms with Gasteiger partial charge in [-0.15, -0.1) is 0 Å². The number of carboxylic acid groups (broad SMARTS) is 1. The van der Waals surface area contributed by atoms with Crippen molar-refractivity contribution >= 4 is 17.6 Å². The van der Waals surface area contributed by atoms with Gasteiger partial charge in [0.05, 0.1) is 16.9 Å². The SMILES string of the molecule is C=C(Cc1nc(C2(c3ccc(Cl)c(F)c3)CC2)no1)C(=O)O. The fourth-order valence-electron chi connectivity index (χ4n) is 2.34. The fraction of sp³-hybridized carbons (Fsp3) is 0.267. The predicted molar refractivity (Wildman–Crippen MR) is 76.2 cm³/mol. The van der Waals surface area contributed by atoms with Crippen LogP contribution in [-0.4, -0.2) is 21.2 Å². The molecule has 1 heterocycles. The van der Waals surface area contributed by atoms with E-state index in [9.17, 15) is 9.18 Å². The largest absolute Gasteiger partial charge is 0.478 e. The molecule has 0 spiro atoms. The summed E-state index contributed by atoms with van der Waals surface area (Å²) in [5.41, 5.74) is 0.231. The highest BCUT2D eigenvalue weighted by Crippen LogP contribution is 2.52. The van der Waals surface area contributed by atoms with E-state index in [4.69, 9.17) is 21.2 Å². The van der Waals surface area contributed by atoms with Gasteiger partial charge in [0.1, 0.15) is 5.82 Å². The van der Waals surface area contributed by atoms with E-state index in [0.29, 0.717) is 5.82 Å². The molecule has 1 aromatic carbocycles. The summed E-state index contributed by atoms with van der Waals surface area (Å²) in [6, 6.07) is 4.62. The first-order chi connectivity index (χ1) is 10.4. The number of halogens is 2. The number of benzene rings is 1. The van der Waals surface area contributed by atoms with Crippen LogP contribution in [0.1, 0.15) is 30.1 Å². The van der Waals surface area contributed by atoms with E-state index in [-0.39, 0.29) is 22.9 Å². The zero-order valence-electron chi connectivity index (χ0n) is 11.5. The molecule has 0 saturated heterocycles. The average molecular weight is 323 g/mol. The summed E-state index contributed by atoms with van der Waals surface area (Å²) in [6.07, 6.45) is 1.52. The molecular formula is C15H12ClFN2O3. The zero-order chi connectivity index (χ0) is 15.9. The smallest absolute Gasteiger partial charge is 0.331 e. The van der Waals surface area contributed by atoms with Crippen LogP contribution in [0.5, 0.6) is 0 Å². The summed E-state index contributed by atoms with van der Waals surface area (Å²) in [5.74, 6) is -0.986. The van der Waals surface area contributed by atoms with Crippen LogP contribution in [0.15, 0.2) is 34.9 Å². The number of carbonyl (C=O) groups is 1. The van der Waals surface area contributed by atoms with Gasteiger partial charge in [0.2, 0.25) is 5.89 Å². The molecular weight excluding hydrogens is 311 g/mol. The van der Waals surface area contributed by atoms with E-state index < -0.39 is 17.2 Å². The predicted octanol–water partition coefficient (Wildman–Crippen LogP) is 3.13. The van der Waals surface area contributed by atoms with Crippen LogP contribution < -0.4 is 0 Å². The van der Waals surface area contributed by atoms with Crippen molar-refractivity contribution in [3.63, 3.8) is 0 Å². The maximum Gasteiger partial charge on any atom is 0.331 e. The third kappa shape index (κ3) is 2.50. The third-order valence-corrected chi connectivity index (χ3v) is 4.09. The maximum absolute atomic E-state index is 13.6. The second-order valence-corrected chi connectivity index (χ2v) is 5.72. The Hall–Kier alpha value is -2.21. The van der Waals surface area contributed by atoms with Crippen LogP contribution in [-0.2, 0) is 16.6 Å². The van der Waals surface area contributed by atoms with Crippen molar-refractivity contribution in [2.75, 3.05) is 0 Å². The van der Waals surface area contributed by atoms with Gasteiger partial charge in [0, 0.05) is 5.57 Å². The van der Waals surface area contributed by atoms with Gasteiger partial charge in [-0.05, 0) is 30.5 Å². The highest BCUT2D eigenvalue weighted by Gasteiger charge is 2.50. The number of carboxylic acids is 1. The minimum absolute atomic E-state index is 0.0204. The van der Waals surface area contributed by atoms with Crippen LogP contribution >= 0.6 is 11.6 Å². The van der Waals surface area contributed by atoms with Crippen LogP contribution in [0, 0.1) is 5.82 Å². The van der Waals surface area contributed by atoms with Gasteiger partial charge in [-0.3, -0.25) is 0 Å². The zero-order valence-corrected chi connectivity index (χ0v) is 12.2. The normalized spacial score (nSPS) is 15.5. The molecule has 1 aliphatic rings. The molecule has 0 radical (unpaired) electrons. The van der Waals surface area contributed by atoms with E-state index in [1.807, 2.05) is 0 Å². The highest BCUT2D eigenvalue weighted by molar-refractivity contribution is 6.30. The molecule has 0 bridgehead atoms. The minimum atomic E-state index is -1.11. The van der Waals surface area contributed by atoms with E-state index >= 15 is 0 Å². The molecule has 1 N–H and O–H groups in total. The number of nitrogens with zero attached hydrogens (tertiary/aromatic N) is 2. The Morgan fingerprint density at radius 1 is 1.50 bits per heavy atom. The Balaban J connectivity index is 1.87. The molecule has 5 nitrogen and oxygen atoms in total. The number of rotatable bonds is 5. The monoisotopic (exact) mass is 322 g/mol. The summed E-state index contributed by atoms with van der Waals surface area (Å²) in [5, 5.41) is 12.8. The fourth-order valence-corrected chi connectivity index (χ4v) is 2.46. The van der Waals surface area contributed by atoms with E-state index in [2.05, 4.69) is 16.7 Å². The standard InChI is InChI=1S/C15H12ClFN2O3/c1-8(13(20)21)6-12-18-14(19-22-12)15(4-5-15)9-2-3-10(16)11(17)7-9/h2-3,7H,1,4-6H2,(H,20,21). The van der Waals surface area contributed by atoms with Gasteiger partial charge in [-0.1, -0.05) is 29.4 Å². The lowest BCUT2D eigenvalue weighted by atomic mass is 9.95. The molecule has 2 aromatic rings. The van der Waals surface area contributed by atoms with E-state index in [0.717, 1.165) is 18.4 Å². The Morgan fingerprint density at radius 3 is 2.82 bits per heavy atom. The quantitative estimate of drug-likeness (QED) is 0.856. The van der Waals surface area contributed by atoms with Crippen molar-refractivity contribution in [2.45, 2.75) is 24.7 Å². The number of aliphatic carboxylic acids is 1. The lowest BCUT2D eigenvalue weighted by Crippen LogP contribution is -2.11. The summed E-state index contributed by atoms with van der Waals surface area (Å²) in [4.78, 5) is 15.0. The molecule has 0 unspecified atom stereocenters. The van der Waals surface area contributed by atoms with Crippen LogP contribution in [0.3, 0.4) is 0 Å². The average Bonchev–Trinajstić information content (AvgIpc) is 3.15. The van der Waals surface area contributed by atoms with Gasteiger partial charge < -0.3 is 9.63 Å². The number of hydrogen-bond donors (Lipinski definition) is 1. The van der Waals surface area contributed by atoms with Crippen LogP contribution in [0.25, 0.3) is 0 Å². The van der Waals surface area contributed by atoms with Crippen LogP contribution in [0.4, 0.5) is 4.39 Å². The third-order valence-electron chi connectivity index (χ3n) is 3.79. The van der Waals surface area contributed by atoms with Gasteiger partial charge >= 0.3 is 5.97 Å². The van der Waals surface area contributed by atoms with Crippen molar-refractivity contribution in [3.05, 3.63) is 58.5 Å². The molecule has 1 aromatic heterocycles. The molecule has 1 fully saturated rings. The van der Waals surface area contributed by atoms with Gasteiger partial charge in [0.15, 0.2) is 5.82 Å². The summed E-state index contributed by atoms with van der Waals surface area (Å²) in [6.45, 7) is 3.42. The van der Waals surface area contributed by atoms with Crippen LogP contribution in [0.2, 0.25) is 5.02 Å². The van der Waals surface area contributed by atoms with Gasteiger partial charge in [-0.2, -0.15) is 4.98 Å². The number of hydrogen-bond acceptors (Lipinski definition) is 4. The minimum Gasteiger partial charge on any atom is -0.478 e. The first-order valence-corrected chi connectivity index (χ1v) is 7.00. The van der Waals surface area contributed by atoms with Crippen molar-refractivity contribution in [2.24, 2.45) is 0 Å². The summed E-state index contributed by atoms with van der Waals surface area (Å²) < 4.78 is 18.7. The molecule has 7 heteroatoms. The Kier molecular flexibility index (Phi) is 3.48. The molecule has 22 heavy (non-hydrogen) atoms. The lowest BCUT2D eigenvalue weighted by Gasteiger charge is -2.11. The van der Waals surface area contributed by atoms with E-state index in [1.54, 1.807) is 6.07 Å².